The second-order valence-electron chi connectivity index (χ2n) is 6.35. The molecule has 0 amide bonds. The topological polar surface area (TPSA) is 21.7 Å². The van der Waals surface area contributed by atoms with Gasteiger partial charge in [-0.05, 0) is 69.1 Å². The number of nitrogens with zero attached hydrogens (tertiary/aromatic N) is 1. The number of hydrogen-bond donors (Lipinski definition) is 0. The highest BCUT2D eigenvalue weighted by atomic mass is 16.5. The minimum Gasteiger partial charge on any atom is -0.497 e. The summed E-state index contributed by atoms with van der Waals surface area (Å²) in [7, 11) is 1.66. The van der Waals surface area contributed by atoms with Gasteiger partial charge in [0, 0.05) is 0 Å². The lowest BCUT2D eigenvalue weighted by Crippen LogP contribution is -2.33. The Morgan fingerprint density at radius 2 is 1.44 bits per heavy atom. The van der Waals surface area contributed by atoms with Crippen LogP contribution in [-0.2, 0) is 0 Å². The van der Waals surface area contributed by atoms with Gasteiger partial charge in [0.25, 0.3) is 0 Å². The zero-order chi connectivity index (χ0) is 17.7. The van der Waals surface area contributed by atoms with Gasteiger partial charge < -0.3 is 14.4 Å². The number of benzene rings is 2. The van der Waals surface area contributed by atoms with E-state index in [4.69, 9.17) is 9.47 Å². The molecule has 0 bridgehead atoms. The molecule has 0 aliphatic carbocycles. The first-order valence-corrected chi connectivity index (χ1v) is 9.31. The van der Waals surface area contributed by atoms with Crippen LogP contribution in [0.2, 0.25) is 0 Å². The van der Waals surface area contributed by atoms with Crippen molar-refractivity contribution in [2.24, 2.45) is 5.92 Å². The average molecular weight is 341 g/mol. The second kappa shape index (κ2) is 11.5. The molecule has 2 aromatic carbocycles. The van der Waals surface area contributed by atoms with Gasteiger partial charge in [-0.15, -0.1) is 0 Å². The van der Waals surface area contributed by atoms with Gasteiger partial charge in [-0.3, -0.25) is 0 Å². The Morgan fingerprint density at radius 3 is 1.92 bits per heavy atom. The summed E-state index contributed by atoms with van der Waals surface area (Å²) in [6, 6.07) is 19.8. The zero-order valence-corrected chi connectivity index (χ0v) is 15.6. The van der Waals surface area contributed by atoms with E-state index in [2.05, 4.69) is 11.8 Å². The van der Waals surface area contributed by atoms with E-state index < -0.39 is 0 Å². The molecule has 1 fully saturated rings. The minimum absolute atomic E-state index is 0.862. The number of hydrogen-bond acceptors (Lipinski definition) is 3. The number of ether oxygens (including phenoxy) is 2. The van der Waals surface area contributed by atoms with Gasteiger partial charge in [0.2, 0.25) is 0 Å². The van der Waals surface area contributed by atoms with Crippen LogP contribution in [-0.4, -0.2) is 38.3 Å². The van der Waals surface area contributed by atoms with E-state index in [0.29, 0.717) is 0 Å². The third-order valence-electron chi connectivity index (χ3n) is 4.67. The number of methoxy groups -OCH3 is 1. The molecule has 0 radical (unpaired) electrons. The quantitative estimate of drug-likeness (QED) is 0.747. The van der Waals surface area contributed by atoms with Gasteiger partial charge in [0.15, 0.2) is 0 Å². The Bertz CT molecular complexity index is 551. The van der Waals surface area contributed by atoms with E-state index in [1.807, 2.05) is 60.7 Å². The number of para-hydroxylation sites is 2. The Morgan fingerprint density at radius 1 is 0.880 bits per heavy atom. The fourth-order valence-corrected chi connectivity index (χ4v) is 3.01. The largest absolute Gasteiger partial charge is 0.497 e. The van der Waals surface area contributed by atoms with Crippen molar-refractivity contribution < 1.29 is 9.47 Å². The van der Waals surface area contributed by atoms with Crippen LogP contribution in [0, 0.1) is 5.92 Å². The summed E-state index contributed by atoms with van der Waals surface area (Å²) in [4.78, 5) is 2.54. The maximum absolute atomic E-state index is 5.75. The molecular formula is C22H31NO2. The summed E-state index contributed by atoms with van der Waals surface area (Å²) in [6.45, 7) is 6.85. The van der Waals surface area contributed by atoms with Gasteiger partial charge in [-0.25, -0.2) is 0 Å². The molecule has 0 spiro atoms. The molecule has 1 aliphatic heterocycles. The number of likely N-dealkylation sites (tertiary alicyclic amines) is 1. The smallest absolute Gasteiger partial charge is 0.119 e. The van der Waals surface area contributed by atoms with Crippen LogP contribution in [0.1, 0.15) is 26.2 Å². The Labute approximate surface area is 152 Å². The van der Waals surface area contributed by atoms with Crippen molar-refractivity contribution in [3.8, 4) is 11.5 Å². The van der Waals surface area contributed by atoms with E-state index >= 15 is 0 Å². The van der Waals surface area contributed by atoms with E-state index in [9.17, 15) is 0 Å². The molecule has 136 valence electrons. The lowest BCUT2D eigenvalue weighted by Gasteiger charge is -2.30. The van der Waals surface area contributed by atoms with Crippen LogP contribution in [0.4, 0.5) is 0 Å². The van der Waals surface area contributed by atoms with Gasteiger partial charge in [0.1, 0.15) is 11.5 Å². The van der Waals surface area contributed by atoms with Crippen molar-refractivity contribution >= 4 is 0 Å². The van der Waals surface area contributed by atoms with Gasteiger partial charge >= 0.3 is 0 Å². The van der Waals surface area contributed by atoms with Crippen molar-refractivity contribution in [1.82, 2.24) is 4.90 Å². The predicted molar refractivity (Wildman–Crippen MR) is 104 cm³/mol. The van der Waals surface area contributed by atoms with Gasteiger partial charge in [0.05, 0.1) is 13.7 Å². The van der Waals surface area contributed by atoms with Crippen molar-refractivity contribution in [2.75, 3.05) is 33.4 Å². The maximum atomic E-state index is 5.75. The van der Waals surface area contributed by atoms with Crippen molar-refractivity contribution in [3.05, 3.63) is 60.7 Å². The fraction of sp³-hybridized carbons (Fsp3) is 0.455. The summed E-state index contributed by atoms with van der Waals surface area (Å²) in [5, 5.41) is 0. The maximum Gasteiger partial charge on any atom is 0.119 e. The van der Waals surface area contributed by atoms with E-state index in [0.717, 1.165) is 24.0 Å². The average Bonchev–Trinajstić information content (AvgIpc) is 2.70. The Kier molecular flexibility index (Phi) is 8.92. The van der Waals surface area contributed by atoms with Crippen LogP contribution < -0.4 is 9.47 Å². The summed E-state index contributed by atoms with van der Waals surface area (Å²) in [5.74, 6) is 2.77. The van der Waals surface area contributed by atoms with Crippen LogP contribution >= 0.6 is 0 Å². The van der Waals surface area contributed by atoms with Gasteiger partial charge in [-0.1, -0.05) is 43.3 Å². The molecule has 3 heteroatoms. The summed E-state index contributed by atoms with van der Waals surface area (Å²) in [5.41, 5.74) is 0. The van der Waals surface area contributed by atoms with Crippen molar-refractivity contribution in [3.63, 3.8) is 0 Å². The molecule has 0 saturated carbocycles. The first kappa shape index (κ1) is 19.3. The van der Waals surface area contributed by atoms with Crippen LogP contribution in [0.15, 0.2) is 60.7 Å². The van der Waals surface area contributed by atoms with Crippen molar-refractivity contribution in [1.29, 1.82) is 0 Å². The molecule has 0 atom stereocenters. The normalized spacial score (nSPS) is 15.1. The predicted octanol–water partition coefficient (Wildman–Crippen LogP) is 4.88. The SMILES string of the molecule is CCN1CCC(CCOc2ccccc2)CC1.COc1ccccc1. The first-order valence-electron chi connectivity index (χ1n) is 9.31. The zero-order valence-electron chi connectivity index (χ0n) is 15.6. The Hall–Kier alpha value is -2.00. The first-order chi connectivity index (χ1) is 12.3. The highest BCUT2D eigenvalue weighted by molar-refractivity contribution is 5.21. The number of piperidine rings is 1. The highest BCUT2D eigenvalue weighted by Gasteiger charge is 2.17. The van der Waals surface area contributed by atoms with Crippen LogP contribution in [0.5, 0.6) is 11.5 Å². The number of rotatable bonds is 6. The Balaban J connectivity index is 0.000000236. The summed E-state index contributed by atoms with van der Waals surface area (Å²) >= 11 is 0. The van der Waals surface area contributed by atoms with Gasteiger partial charge in [-0.2, -0.15) is 0 Å². The van der Waals surface area contributed by atoms with E-state index in [1.165, 1.54) is 38.9 Å². The third kappa shape index (κ3) is 7.61. The minimum atomic E-state index is 0.862. The highest BCUT2D eigenvalue weighted by Crippen LogP contribution is 2.20. The molecule has 0 unspecified atom stereocenters. The molecule has 0 aromatic heterocycles. The molecule has 2 aromatic rings. The summed E-state index contributed by atoms with van der Waals surface area (Å²) in [6.07, 6.45) is 3.88. The molecule has 3 rings (SSSR count). The molecule has 1 aliphatic rings. The van der Waals surface area contributed by atoms with E-state index in [-0.39, 0.29) is 0 Å². The molecule has 1 saturated heterocycles. The second-order valence-corrected chi connectivity index (χ2v) is 6.35. The summed E-state index contributed by atoms with van der Waals surface area (Å²) < 4.78 is 10.7. The van der Waals surface area contributed by atoms with Crippen LogP contribution in [0.25, 0.3) is 0 Å². The van der Waals surface area contributed by atoms with Crippen LogP contribution in [0.3, 0.4) is 0 Å². The molecule has 0 N–H and O–H groups in total. The standard InChI is InChI=1S/C15H23NO.C7H8O/c1-2-16-11-8-14(9-12-16)10-13-17-15-6-4-3-5-7-15;1-8-7-5-3-2-4-6-7/h3-7,14H,2,8-13H2,1H3;2-6H,1H3. The molecule has 25 heavy (non-hydrogen) atoms. The third-order valence-corrected chi connectivity index (χ3v) is 4.67. The molecular weight excluding hydrogens is 310 g/mol. The fourth-order valence-electron chi connectivity index (χ4n) is 3.01. The lowest BCUT2D eigenvalue weighted by molar-refractivity contribution is 0.169. The van der Waals surface area contributed by atoms with E-state index in [1.54, 1.807) is 7.11 Å². The molecule has 3 nitrogen and oxygen atoms in total. The monoisotopic (exact) mass is 341 g/mol. The molecule has 1 heterocycles. The van der Waals surface area contributed by atoms with Crippen molar-refractivity contribution in [2.45, 2.75) is 26.2 Å². The lowest BCUT2D eigenvalue weighted by atomic mass is 9.94.